The Balaban J connectivity index is 1.16. The number of ketones is 1. The highest BCUT2D eigenvalue weighted by molar-refractivity contribution is 7.14. The molecule has 4 aliphatic rings. The van der Waals surface area contributed by atoms with Gasteiger partial charge in [-0.15, -0.1) is 11.3 Å². The summed E-state index contributed by atoms with van der Waals surface area (Å²) in [5, 5.41) is 5.55. The first-order chi connectivity index (χ1) is 20.7. The Hall–Kier alpha value is -3.33. The molecule has 11 heteroatoms. The van der Waals surface area contributed by atoms with Gasteiger partial charge in [0.25, 0.3) is 5.91 Å². The summed E-state index contributed by atoms with van der Waals surface area (Å²) in [4.78, 5) is 50.7. The third-order valence-corrected chi connectivity index (χ3v) is 9.96. The third kappa shape index (κ3) is 6.19. The smallest absolute Gasteiger partial charge is 0.252 e. The first-order valence-corrected chi connectivity index (χ1v) is 16.1. The number of nitrogens with zero attached hydrogens (tertiary/aromatic N) is 4. The minimum Gasteiger partial charge on any atom is -0.366 e. The molecule has 3 saturated heterocycles. The Kier molecular flexibility index (Phi) is 8.54. The Morgan fingerprint density at radius 2 is 1.98 bits per heavy atom. The lowest BCUT2D eigenvalue weighted by Gasteiger charge is -2.32. The van der Waals surface area contributed by atoms with Crippen molar-refractivity contribution in [2.75, 3.05) is 51.3 Å². The molecule has 4 fully saturated rings. The van der Waals surface area contributed by atoms with Gasteiger partial charge >= 0.3 is 0 Å². The van der Waals surface area contributed by atoms with E-state index in [4.69, 9.17) is 4.74 Å². The van der Waals surface area contributed by atoms with Crippen molar-refractivity contribution in [3.05, 3.63) is 35.0 Å². The molecule has 43 heavy (non-hydrogen) atoms. The molecule has 9 nitrogen and oxygen atoms in total. The fourth-order valence-electron chi connectivity index (χ4n) is 5.94. The van der Waals surface area contributed by atoms with Crippen molar-refractivity contribution in [2.45, 2.75) is 51.3 Å². The molecule has 228 valence electrons. The Bertz CT molecular complexity index is 1460. The van der Waals surface area contributed by atoms with Gasteiger partial charge in [-0.25, -0.2) is 9.37 Å². The van der Waals surface area contributed by atoms with Crippen LogP contribution in [0.15, 0.2) is 23.6 Å². The summed E-state index contributed by atoms with van der Waals surface area (Å²) in [7, 11) is 2.09. The van der Waals surface area contributed by atoms with E-state index < -0.39 is 29.9 Å². The zero-order valence-corrected chi connectivity index (χ0v) is 25.7. The molecule has 0 spiro atoms. The van der Waals surface area contributed by atoms with Crippen molar-refractivity contribution < 1.29 is 23.5 Å². The number of thiazole rings is 1. The van der Waals surface area contributed by atoms with Gasteiger partial charge in [-0.1, -0.05) is 32.1 Å². The molecular weight excluding hydrogens is 569 g/mol. The van der Waals surface area contributed by atoms with Gasteiger partial charge in [0.2, 0.25) is 5.91 Å². The molecule has 1 aliphatic carbocycles. The summed E-state index contributed by atoms with van der Waals surface area (Å²) in [6.45, 7) is 7.72. The lowest BCUT2D eigenvalue weighted by molar-refractivity contribution is -0.139. The minimum atomic E-state index is -0.880. The van der Waals surface area contributed by atoms with Crippen LogP contribution in [0.4, 0.5) is 9.52 Å². The number of nitrogens with one attached hydrogen (secondary N) is 1. The van der Waals surface area contributed by atoms with Crippen LogP contribution >= 0.6 is 11.3 Å². The summed E-state index contributed by atoms with van der Waals surface area (Å²) in [6, 6.07) is 2.75. The van der Waals surface area contributed by atoms with E-state index in [-0.39, 0.29) is 42.2 Å². The van der Waals surface area contributed by atoms with Crippen LogP contribution in [0.5, 0.6) is 0 Å². The second-order valence-corrected chi connectivity index (χ2v) is 13.0. The molecule has 0 radical (unpaired) electrons. The number of rotatable bonds is 7. The number of halogens is 1. The first kappa shape index (κ1) is 29.7. The zero-order valence-electron chi connectivity index (χ0n) is 24.8. The minimum absolute atomic E-state index is 0.0391. The molecular formula is C32H38FN5O4S. The van der Waals surface area contributed by atoms with Crippen molar-refractivity contribution in [2.24, 2.45) is 17.8 Å². The number of piperazine rings is 1. The van der Waals surface area contributed by atoms with Gasteiger partial charge in [0.15, 0.2) is 10.9 Å². The van der Waals surface area contributed by atoms with Crippen molar-refractivity contribution in [1.29, 1.82) is 0 Å². The van der Waals surface area contributed by atoms with Crippen LogP contribution in [0, 0.1) is 35.4 Å². The van der Waals surface area contributed by atoms with Crippen LogP contribution in [0.1, 0.15) is 43.5 Å². The molecule has 3 aliphatic heterocycles. The number of fused-ring (bicyclic) bond motifs is 1. The van der Waals surface area contributed by atoms with Crippen LogP contribution in [0.3, 0.4) is 0 Å². The number of hydrogen-bond donors (Lipinski definition) is 1. The highest BCUT2D eigenvalue weighted by Gasteiger charge is 2.53. The lowest BCUT2D eigenvalue weighted by atomic mass is 9.96. The number of anilines is 1. The number of likely N-dealkylation sites (tertiary alicyclic amines) is 1. The molecule has 2 aromatic rings. The van der Waals surface area contributed by atoms with E-state index in [1.807, 2.05) is 19.2 Å². The maximum Gasteiger partial charge on any atom is 0.252 e. The predicted octanol–water partition coefficient (Wildman–Crippen LogP) is 3.05. The summed E-state index contributed by atoms with van der Waals surface area (Å²) in [6.07, 6.45) is 2.35. The number of amides is 2. The van der Waals surface area contributed by atoms with E-state index in [0.717, 1.165) is 44.2 Å². The lowest BCUT2D eigenvalue weighted by Crippen LogP contribution is -2.54. The van der Waals surface area contributed by atoms with Gasteiger partial charge in [-0.2, -0.15) is 0 Å². The summed E-state index contributed by atoms with van der Waals surface area (Å²) < 4.78 is 21.1. The maximum absolute atomic E-state index is 15.4. The average molecular weight is 608 g/mol. The van der Waals surface area contributed by atoms with E-state index in [1.165, 1.54) is 17.4 Å². The highest BCUT2D eigenvalue weighted by Crippen LogP contribution is 2.34. The Morgan fingerprint density at radius 1 is 1.21 bits per heavy atom. The van der Waals surface area contributed by atoms with E-state index in [2.05, 4.69) is 39.0 Å². The zero-order chi connectivity index (χ0) is 30.2. The van der Waals surface area contributed by atoms with Gasteiger partial charge < -0.3 is 24.8 Å². The Labute approximate surface area is 255 Å². The molecule has 5 atom stereocenters. The number of hydrogen-bond acceptors (Lipinski definition) is 8. The van der Waals surface area contributed by atoms with Crippen LogP contribution in [-0.2, 0) is 14.3 Å². The SMILES string of the molecule is CCC(C)C(NC(=O)c1ccc(-c2csc(N3CCN(C)CC3)n2)c(F)c1)C(=O)N1CC(C#CC2CC2)C2OCC(=O)C21. The van der Waals surface area contributed by atoms with Crippen LogP contribution in [0.2, 0.25) is 0 Å². The van der Waals surface area contributed by atoms with E-state index in [1.54, 1.807) is 17.0 Å². The highest BCUT2D eigenvalue weighted by atomic mass is 32.1. The number of Topliss-reactive ketones (excluding diaryl/α,β-unsaturated/α-hetero) is 1. The molecule has 1 aromatic heterocycles. The van der Waals surface area contributed by atoms with E-state index in [9.17, 15) is 14.4 Å². The molecule has 4 heterocycles. The van der Waals surface area contributed by atoms with Gasteiger partial charge in [0.05, 0.1) is 11.6 Å². The van der Waals surface area contributed by atoms with Crippen molar-refractivity contribution in [1.82, 2.24) is 20.1 Å². The molecule has 0 bridgehead atoms. The summed E-state index contributed by atoms with van der Waals surface area (Å²) in [5.74, 6) is 4.89. The second kappa shape index (κ2) is 12.3. The topological polar surface area (TPSA) is 95.1 Å². The fourth-order valence-corrected chi connectivity index (χ4v) is 6.82. The van der Waals surface area contributed by atoms with Gasteiger partial charge in [-0.3, -0.25) is 14.4 Å². The van der Waals surface area contributed by atoms with Crippen LogP contribution in [0.25, 0.3) is 11.3 Å². The normalized spacial score (nSPS) is 25.2. The fraction of sp³-hybridized carbons (Fsp3) is 0.562. The number of carbonyl (C=O) groups is 3. The predicted molar refractivity (Wildman–Crippen MR) is 162 cm³/mol. The number of ether oxygens (including phenoxy) is 1. The quantitative estimate of drug-likeness (QED) is 0.484. The van der Waals surface area contributed by atoms with Crippen LogP contribution in [-0.4, -0.2) is 96.9 Å². The molecule has 1 aromatic carbocycles. The molecule has 1 N–H and O–H groups in total. The monoisotopic (exact) mass is 607 g/mol. The summed E-state index contributed by atoms with van der Waals surface area (Å²) in [5.41, 5.74) is 0.969. The largest absolute Gasteiger partial charge is 0.366 e. The molecule has 2 amide bonds. The van der Waals surface area contributed by atoms with Gasteiger partial charge in [-0.05, 0) is 44.0 Å². The second-order valence-electron chi connectivity index (χ2n) is 12.2. The number of likely N-dealkylation sites (N-methyl/N-ethyl adjacent to an activating group) is 1. The van der Waals surface area contributed by atoms with E-state index >= 15 is 4.39 Å². The van der Waals surface area contributed by atoms with Crippen LogP contribution < -0.4 is 10.2 Å². The standard InChI is InChI=1S/C32H38FN5O4S/c1-4-19(2)27(31(41)38-16-22(8-7-20-5-6-20)29-28(38)26(39)17-42-29)35-30(40)21-9-10-23(24(33)15-21)25-18-43-32(34-25)37-13-11-36(3)12-14-37/h9-10,15,18-20,22,27-29H,4-6,11-14,16-17H2,1-3H3,(H,35,40). The van der Waals surface area contributed by atoms with Crippen molar-refractivity contribution in [3.63, 3.8) is 0 Å². The number of carbonyl (C=O) groups excluding carboxylic acids is 3. The maximum atomic E-state index is 15.4. The summed E-state index contributed by atoms with van der Waals surface area (Å²) >= 11 is 1.48. The van der Waals surface area contributed by atoms with Crippen molar-refractivity contribution >= 4 is 34.1 Å². The number of aromatic nitrogens is 1. The molecule has 1 saturated carbocycles. The first-order valence-electron chi connectivity index (χ1n) is 15.2. The molecule has 5 unspecified atom stereocenters. The van der Waals surface area contributed by atoms with Gasteiger partial charge in [0.1, 0.15) is 30.6 Å². The number of benzene rings is 1. The van der Waals surface area contributed by atoms with Crippen molar-refractivity contribution in [3.8, 4) is 23.1 Å². The average Bonchev–Trinajstić information content (AvgIpc) is 3.39. The Morgan fingerprint density at radius 3 is 2.67 bits per heavy atom. The molecule has 6 rings (SSSR count). The van der Waals surface area contributed by atoms with E-state index in [0.29, 0.717) is 23.6 Å². The van der Waals surface area contributed by atoms with Gasteiger partial charge in [0, 0.05) is 55.1 Å². The third-order valence-electron chi connectivity index (χ3n) is 9.06.